The van der Waals surface area contributed by atoms with Crippen LogP contribution in [0.1, 0.15) is 30.9 Å². The summed E-state index contributed by atoms with van der Waals surface area (Å²) in [6, 6.07) is 15.5. The number of anilines is 2. The third kappa shape index (κ3) is 4.53. The van der Waals surface area contributed by atoms with Gasteiger partial charge in [0.1, 0.15) is 0 Å². The van der Waals surface area contributed by atoms with Crippen LogP contribution in [0.5, 0.6) is 0 Å². The number of nitrogens with two attached hydrogens (primary N) is 1. The van der Waals surface area contributed by atoms with Gasteiger partial charge in [0, 0.05) is 17.9 Å². The molecular weight excluding hydrogens is 262 g/mol. The predicted octanol–water partition coefficient (Wildman–Crippen LogP) is 3.91. The van der Waals surface area contributed by atoms with Crippen molar-refractivity contribution in [3.05, 3.63) is 59.7 Å². The van der Waals surface area contributed by atoms with E-state index in [0.29, 0.717) is 11.6 Å². The second-order valence-corrected chi connectivity index (χ2v) is 5.32. The minimum absolute atomic E-state index is 0.553. The highest BCUT2D eigenvalue weighted by Crippen LogP contribution is 2.17. The van der Waals surface area contributed by atoms with Gasteiger partial charge in [-0.25, -0.2) is 4.79 Å². The number of hydrogen-bond acceptors (Lipinski definition) is 2. The number of carbonyl (C=O) groups is 1. The third-order valence-electron chi connectivity index (χ3n) is 3.30. The van der Waals surface area contributed by atoms with Gasteiger partial charge in [-0.15, -0.1) is 0 Å². The van der Waals surface area contributed by atoms with E-state index in [-0.39, 0.29) is 0 Å². The Labute approximate surface area is 125 Å². The molecule has 0 fully saturated rings. The fourth-order valence-corrected chi connectivity index (χ4v) is 2.04. The Morgan fingerprint density at radius 2 is 1.57 bits per heavy atom. The van der Waals surface area contributed by atoms with Gasteiger partial charge in [-0.1, -0.05) is 38.1 Å². The minimum atomic E-state index is -0.555. The maximum Gasteiger partial charge on any atom is 0.316 e. The van der Waals surface area contributed by atoms with Gasteiger partial charge in [-0.3, -0.25) is 0 Å². The highest BCUT2D eigenvalue weighted by atomic mass is 16.2. The van der Waals surface area contributed by atoms with Gasteiger partial charge in [0.05, 0.1) is 0 Å². The molecule has 2 aromatic rings. The molecule has 0 saturated heterocycles. The highest BCUT2D eigenvalue weighted by Gasteiger charge is 2.00. The summed E-state index contributed by atoms with van der Waals surface area (Å²) in [6.45, 7) is 5.14. The molecule has 0 radical (unpaired) electrons. The average Bonchev–Trinajstić information content (AvgIpc) is 2.46. The van der Waals surface area contributed by atoms with Crippen molar-refractivity contribution in [1.29, 1.82) is 0 Å². The monoisotopic (exact) mass is 283 g/mol. The summed E-state index contributed by atoms with van der Waals surface area (Å²) in [7, 11) is 0. The van der Waals surface area contributed by atoms with Gasteiger partial charge in [0.15, 0.2) is 0 Å². The minimum Gasteiger partial charge on any atom is -0.381 e. The van der Waals surface area contributed by atoms with E-state index in [4.69, 9.17) is 5.73 Å². The van der Waals surface area contributed by atoms with Crippen LogP contribution in [-0.2, 0) is 6.54 Å². The van der Waals surface area contributed by atoms with Crippen molar-refractivity contribution in [3.63, 3.8) is 0 Å². The van der Waals surface area contributed by atoms with Crippen molar-refractivity contribution in [2.45, 2.75) is 26.3 Å². The SMILES string of the molecule is CC(C)c1ccc(CNc2ccc(NC(N)=O)cc2)cc1. The van der Waals surface area contributed by atoms with E-state index >= 15 is 0 Å². The Hall–Kier alpha value is -2.49. The van der Waals surface area contributed by atoms with Crippen molar-refractivity contribution in [2.24, 2.45) is 5.73 Å². The van der Waals surface area contributed by atoms with Crippen LogP contribution in [0.4, 0.5) is 16.2 Å². The fourth-order valence-electron chi connectivity index (χ4n) is 2.04. The third-order valence-corrected chi connectivity index (χ3v) is 3.30. The molecule has 4 heteroatoms. The molecule has 0 aliphatic rings. The predicted molar refractivity (Wildman–Crippen MR) is 87.5 cm³/mol. The Kier molecular flexibility index (Phi) is 4.82. The van der Waals surface area contributed by atoms with Crippen LogP contribution in [0.2, 0.25) is 0 Å². The van der Waals surface area contributed by atoms with Crippen molar-refractivity contribution >= 4 is 17.4 Å². The van der Waals surface area contributed by atoms with Crippen LogP contribution in [0.15, 0.2) is 48.5 Å². The molecule has 21 heavy (non-hydrogen) atoms. The summed E-state index contributed by atoms with van der Waals surface area (Å²) >= 11 is 0. The Bertz CT molecular complexity index is 588. The fraction of sp³-hybridized carbons (Fsp3) is 0.235. The summed E-state index contributed by atoms with van der Waals surface area (Å²) < 4.78 is 0. The number of amides is 2. The molecule has 0 aromatic heterocycles. The summed E-state index contributed by atoms with van der Waals surface area (Å²) in [5.74, 6) is 0.553. The van der Waals surface area contributed by atoms with Crippen LogP contribution in [0, 0.1) is 0 Å². The van der Waals surface area contributed by atoms with E-state index in [1.165, 1.54) is 11.1 Å². The topological polar surface area (TPSA) is 67.2 Å². The van der Waals surface area contributed by atoms with Gasteiger partial charge < -0.3 is 16.4 Å². The second-order valence-electron chi connectivity index (χ2n) is 5.32. The number of hydrogen-bond donors (Lipinski definition) is 3. The van der Waals surface area contributed by atoms with Gasteiger partial charge in [0.2, 0.25) is 0 Å². The lowest BCUT2D eigenvalue weighted by molar-refractivity contribution is 0.259. The largest absolute Gasteiger partial charge is 0.381 e. The number of urea groups is 1. The Morgan fingerprint density at radius 3 is 2.10 bits per heavy atom. The highest BCUT2D eigenvalue weighted by molar-refractivity contribution is 5.87. The smallest absolute Gasteiger partial charge is 0.316 e. The molecule has 0 spiro atoms. The van der Waals surface area contributed by atoms with Crippen LogP contribution in [-0.4, -0.2) is 6.03 Å². The zero-order chi connectivity index (χ0) is 15.2. The molecule has 0 saturated carbocycles. The number of nitrogens with one attached hydrogen (secondary N) is 2. The standard InChI is InChI=1S/C17H21N3O/c1-12(2)14-5-3-13(4-6-14)11-19-15-7-9-16(10-8-15)20-17(18)21/h3-10,12,19H,11H2,1-2H3,(H3,18,20,21). The molecule has 0 heterocycles. The molecule has 0 aliphatic carbocycles. The molecule has 110 valence electrons. The van der Waals surface area contributed by atoms with E-state index in [1.807, 2.05) is 24.3 Å². The van der Waals surface area contributed by atoms with Crippen molar-refractivity contribution in [3.8, 4) is 0 Å². The van der Waals surface area contributed by atoms with Crippen LogP contribution in [0.3, 0.4) is 0 Å². The molecule has 4 N–H and O–H groups in total. The molecular formula is C17H21N3O. The molecule has 0 aliphatic heterocycles. The van der Waals surface area contributed by atoms with E-state index in [9.17, 15) is 4.79 Å². The van der Waals surface area contributed by atoms with Gasteiger partial charge in [-0.2, -0.15) is 0 Å². The molecule has 0 bridgehead atoms. The maximum absolute atomic E-state index is 10.7. The zero-order valence-electron chi connectivity index (χ0n) is 12.4. The number of benzene rings is 2. The van der Waals surface area contributed by atoms with Crippen LogP contribution < -0.4 is 16.4 Å². The Balaban J connectivity index is 1.91. The summed E-state index contributed by atoms with van der Waals surface area (Å²) in [6.07, 6.45) is 0. The molecule has 2 rings (SSSR count). The maximum atomic E-state index is 10.7. The average molecular weight is 283 g/mol. The first-order chi connectivity index (χ1) is 10.0. The lowest BCUT2D eigenvalue weighted by Crippen LogP contribution is -2.19. The quantitative estimate of drug-likeness (QED) is 0.778. The van der Waals surface area contributed by atoms with E-state index in [1.54, 1.807) is 0 Å². The number of primary amides is 1. The van der Waals surface area contributed by atoms with Crippen LogP contribution >= 0.6 is 0 Å². The normalized spacial score (nSPS) is 10.4. The van der Waals surface area contributed by atoms with E-state index in [2.05, 4.69) is 48.7 Å². The molecule has 4 nitrogen and oxygen atoms in total. The summed E-state index contributed by atoms with van der Waals surface area (Å²) in [5, 5.41) is 5.88. The van der Waals surface area contributed by atoms with Gasteiger partial charge >= 0.3 is 6.03 Å². The second kappa shape index (κ2) is 6.79. The van der Waals surface area contributed by atoms with Crippen molar-refractivity contribution in [2.75, 3.05) is 10.6 Å². The lowest BCUT2D eigenvalue weighted by Gasteiger charge is -2.10. The molecule has 0 unspecified atom stereocenters. The first-order valence-corrected chi connectivity index (χ1v) is 7.04. The van der Waals surface area contributed by atoms with E-state index in [0.717, 1.165) is 12.2 Å². The van der Waals surface area contributed by atoms with Crippen LogP contribution in [0.25, 0.3) is 0 Å². The molecule has 2 aromatic carbocycles. The first kappa shape index (κ1) is 14.9. The molecule has 2 amide bonds. The lowest BCUT2D eigenvalue weighted by atomic mass is 10.0. The van der Waals surface area contributed by atoms with Gasteiger partial charge in [0.25, 0.3) is 0 Å². The Morgan fingerprint density at radius 1 is 1.00 bits per heavy atom. The zero-order valence-corrected chi connectivity index (χ0v) is 12.4. The number of rotatable bonds is 5. The van der Waals surface area contributed by atoms with Gasteiger partial charge in [-0.05, 0) is 41.3 Å². The van der Waals surface area contributed by atoms with Crippen molar-refractivity contribution < 1.29 is 4.79 Å². The summed E-state index contributed by atoms with van der Waals surface area (Å²) in [4.78, 5) is 10.7. The van der Waals surface area contributed by atoms with Crippen molar-refractivity contribution in [1.82, 2.24) is 0 Å². The summed E-state index contributed by atoms with van der Waals surface area (Å²) in [5.41, 5.74) is 9.33. The molecule has 0 atom stereocenters. The first-order valence-electron chi connectivity index (χ1n) is 7.04. The van der Waals surface area contributed by atoms with E-state index < -0.39 is 6.03 Å². The number of carbonyl (C=O) groups excluding carboxylic acids is 1.